The average molecular weight is 367 g/mol. The van der Waals surface area contributed by atoms with Crippen LogP contribution in [0, 0.1) is 0 Å². The van der Waals surface area contributed by atoms with Crippen molar-refractivity contribution in [1.82, 2.24) is 9.38 Å². The summed E-state index contributed by atoms with van der Waals surface area (Å²) in [5, 5.41) is 0. The molecule has 5 heteroatoms. The van der Waals surface area contributed by atoms with Gasteiger partial charge < -0.3 is 5.73 Å². The van der Waals surface area contributed by atoms with Crippen molar-refractivity contribution in [3.8, 4) is 11.3 Å². The Morgan fingerprint density at radius 2 is 1.89 bits per heavy atom. The first-order chi connectivity index (χ1) is 8.65. The highest BCUT2D eigenvalue weighted by Gasteiger charge is 2.11. The Hall–Kier alpha value is -1.33. The zero-order chi connectivity index (χ0) is 12.7. The zero-order valence-electron chi connectivity index (χ0n) is 9.27. The van der Waals surface area contributed by atoms with Crippen LogP contribution >= 0.6 is 31.9 Å². The second kappa shape index (κ2) is 4.40. The van der Waals surface area contributed by atoms with Gasteiger partial charge in [0.25, 0.3) is 0 Å². The minimum atomic E-state index is 0.643. The fourth-order valence-electron chi connectivity index (χ4n) is 1.89. The van der Waals surface area contributed by atoms with E-state index in [0.29, 0.717) is 5.82 Å². The first-order valence-electron chi connectivity index (χ1n) is 5.34. The monoisotopic (exact) mass is 365 g/mol. The third-order valence-corrected chi connectivity index (χ3v) is 3.68. The molecule has 0 spiro atoms. The third-order valence-electron chi connectivity index (χ3n) is 2.72. The number of rotatable bonds is 1. The van der Waals surface area contributed by atoms with Gasteiger partial charge in [-0.3, -0.25) is 4.40 Å². The van der Waals surface area contributed by atoms with Gasteiger partial charge in [-0.15, -0.1) is 0 Å². The van der Waals surface area contributed by atoms with Gasteiger partial charge in [-0.2, -0.15) is 0 Å². The lowest BCUT2D eigenvalue weighted by molar-refractivity contribution is 1.18. The minimum Gasteiger partial charge on any atom is -0.383 e. The quantitative estimate of drug-likeness (QED) is 0.704. The third kappa shape index (κ3) is 1.93. The molecule has 0 aliphatic rings. The summed E-state index contributed by atoms with van der Waals surface area (Å²) < 4.78 is 3.86. The van der Waals surface area contributed by atoms with Gasteiger partial charge in [0, 0.05) is 20.7 Å². The molecule has 0 saturated carbocycles. The molecule has 2 heterocycles. The number of anilines is 1. The van der Waals surface area contributed by atoms with Crippen LogP contribution in [0.4, 0.5) is 5.82 Å². The van der Waals surface area contributed by atoms with Crippen molar-refractivity contribution >= 4 is 43.3 Å². The number of fused-ring (bicyclic) bond motifs is 1. The molecule has 2 aromatic heterocycles. The van der Waals surface area contributed by atoms with Crippen molar-refractivity contribution in [3.05, 3.63) is 51.5 Å². The van der Waals surface area contributed by atoms with Crippen molar-refractivity contribution in [3.63, 3.8) is 0 Å². The summed E-state index contributed by atoms with van der Waals surface area (Å²) in [6.45, 7) is 0. The van der Waals surface area contributed by atoms with Crippen LogP contribution in [0.25, 0.3) is 16.9 Å². The molecule has 0 fully saturated rings. The summed E-state index contributed by atoms with van der Waals surface area (Å²) in [7, 11) is 0. The maximum Gasteiger partial charge on any atom is 0.139 e. The topological polar surface area (TPSA) is 43.3 Å². The SMILES string of the molecule is Nc1c(-c2cccc(Br)c2)nc2ccc(Br)cn12. The number of hydrogen-bond donors (Lipinski definition) is 1. The lowest BCUT2D eigenvalue weighted by atomic mass is 10.1. The highest BCUT2D eigenvalue weighted by Crippen LogP contribution is 2.29. The van der Waals surface area contributed by atoms with Gasteiger partial charge in [0.1, 0.15) is 17.2 Å². The first-order valence-corrected chi connectivity index (χ1v) is 6.93. The summed E-state index contributed by atoms with van der Waals surface area (Å²) in [6.07, 6.45) is 1.92. The molecule has 3 nitrogen and oxygen atoms in total. The number of hydrogen-bond acceptors (Lipinski definition) is 2. The number of halogens is 2. The Balaban J connectivity index is 2.27. The second-order valence-corrected chi connectivity index (χ2v) is 5.76. The Labute approximate surface area is 121 Å². The van der Waals surface area contributed by atoms with Crippen molar-refractivity contribution in [2.24, 2.45) is 0 Å². The molecule has 0 saturated heterocycles. The van der Waals surface area contributed by atoms with E-state index in [2.05, 4.69) is 36.8 Å². The molecule has 3 aromatic rings. The molecule has 0 atom stereocenters. The molecule has 0 bridgehead atoms. The van der Waals surface area contributed by atoms with E-state index in [-0.39, 0.29) is 0 Å². The van der Waals surface area contributed by atoms with Gasteiger partial charge in [-0.05, 0) is 40.2 Å². The van der Waals surface area contributed by atoms with Crippen LogP contribution in [0.5, 0.6) is 0 Å². The largest absolute Gasteiger partial charge is 0.383 e. The van der Waals surface area contributed by atoms with Gasteiger partial charge in [0.15, 0.2) is 0 Å². The number of benzene rings is 1. The summed E-state index contributed by atoms with van der Waals surface area (Å²) in [5.41, 5.74) is 8.79. The van der Waals surface area contributed by atoms with Crippen molar-refractivity contribution in [2.45, 2.75) is 0 Å². The van der Waals surface area contributed by atoms with E-state index >= 15 is 0 Å². The number of pyridine rings is 1. The molecule has 1 aromatic carbocycles. The van der Waals surface area contributed by atoms with Gasteiger partial charge in [0.05, 0.1) is 0 Å². The molecule has 0 aliphatic heterocycles. The predicted octanol–water partition coefficient (Wildman–Crippen LogP) is 4.11. The van der Waals surface area contributed by atoms with Crippen LogP contribution in [0.3, 0.4) is 0 Å². The molecular weight excluding hydrogens is 358 g/mol. The second-order valence-electron chi connectivity index (χ2n) is 3.93. The summed E-state index contributed by atoms with van der Waals surface area (Å²) in [6, 6.07) is 11.8. The molecule has 0 amide bonds. The standard InChI is InChI=1S/C13H9Br2N3/c14-9-3-1-2-8(6-9)12-13(16)18-7-10(15)4-5-11(18)17-12/h1-7H,16H2. The van der Waals surface area contributed by atoms with E-state index in [1.165, 1.54) is 0 Å². The molecular formula is C13H9Br2N3. The fraction of sp³-hybridized carbons (Fsp3) is 0. The van der Waals surface area contributed by atoms with Crippen LogP contribution in [0.1, 0.15) is 0 Å². The highest BCUT2D eigenvalue weighted by molar-refractivity contribution is 9.10. The van der Waals surface area contributed by atoms with Crippen LogP contribution in [0.2, 0.25) is 0 Å². The Bertz CT molecular complexity index is 734. The van der Waals surface area contributed by atoms with E-state index in [4.69, 9.17) is 5.73 Å². The van der Waals surface area contributed by atoms with Crippen LogP contribution in [0.15, 0.2) is 51.5 Å². The Kier molecular flexibility index (Phi) is 2.87. The Morgan fingerprint density at radius 1 is 1.06 bits per heavy atom. The average Bonchev–Trinajstić information content (AvgIpc) is 2.67. The summed E-state index contributed by atoms with van der Waals surface area (Å²) in [4.78, 5) is 4.56. The maximum atomic E-state index is 6.15. The normalized spacial score (nSPS) is 11.0. The van der Waals surface area contributed by atoms with E-state index < -0.39 is 0 Å². The van der Waals surface area contributed by atoms with Crippen molar-refractivity contribution in [1.29, 1.82) is 0 Å². The summed E-state index contributed by atoms with van der Waals surface area (Å²) in [5.74, 6) is 0.643. The van der Waals surface area contributed by atoms with E-state index in [9.17, 15) is 0 Å². The number of aromatic nitrogens is 2. The zero-order valence-corrected chi connectivity index (χ0v) is 12.4. The molecule has 18 heavy (non-hydrogen) atoms. The van der Waals surface area contributed by atoms with Crippen LogP contribution < -0.4 is 5.73 Å². The fourth-order valence-corrected chi connectivity index (χ4v) is 2.62. The molecule has 3 rings (SSSR count). The van der Waals surface area contributed by atoms with E-state index in [1.807, 2.05) is 47.0 Å². The van der Waals surface area contributed by atoms with Gasteiger partial charge in [-0.25, -0.2) is 4.98 Å². The first kappa shape index (κ1) is 11.7. The van der Waals surface area contributed by atoms with E-state index in [1.54, 1.807) is 0 Å². The number of nitrogens with zero attached hydrogens (tertiary/aromatic N) is 2. The molecule has 2 N–H and O–H groups in total. The molecule has 0 aliphatic carbocycles. The lowest BCUT2D eigenvalue weighted by Gasteiger charge is -2.00. The van der Waals surface area contributed by atoms with E-state index in [0.717, 1.165) is 25.8 Å². The maximum absolute atomic E-state index is 6.15. The molecule has 0 radical (unpaired) electrons. The van der Waals surface area contributed by atoms with Crippen molar-refractivity contribution in [2.75, 3.05) is 5.73 Å². The smallest absolute Gasteiger partial charge is 0.139 e. The van der Waals surface area contributed by atoms with Crippen molar-refractivity contribution < 1.29 is 0 Å². The van der Waals surface area contributed by atoms with Crippen LogP contribution in [-0.4, -0.2) is 9.38 Å². The van der Waals surface area contributed by atoms with Gasteiger partial charge >= 0.3 is 0 Å². The number of imidazole rings is 1. The van der Waals surface area contributed by atoms with Gasteiger partial charge in [0.2, 0.25) is 0 Å². The van der Waals surface area contributed by atoms with Crippen LogP contribution in [-0.2, 0) is 0 Å². The minimum absolute atomic E-state index is 0.643. The molecule has 90 valence electrons. The predicted molar refractivity (Wildman–Crippen MR) is 80.4 cm³/mol. The molecule has 0 unspecified atom stereocenters. The highest BCUT2D eigenvalue weighted by atomic mass is 79.9. The number of nitrogen functional groups attached to an aromatic ring is 1. The Morgan fingerprint density at radius 3 is 2.67 bits per heavy atom. The van der Waals surface area contributed by atoms with Gasteiger partial charge in [-0.1, -0.05) is 28.1 Å². The summed E-state index contributed by atoms with van der Waals surface area (Å²) >= 11 is 6.89. The lowest BCUT2D eigenvalue weighted by Crippen LogP contribution is -1.93. The number of nitrogens with two attached hydrogens (primary N) is 1.